The normalized spacial score (nSPS) is 10.3. The van der Waals surface area contributed by atoms with Crippen LogP contribution in [0.3, 0.4) is 0 Å². The number of halogens is 1. The zero-order chi connectivity index (χ0) is 18.5. The fourth-order valence-corrected chi connectivity index (χ4v) is 2.16. The number of amides is 3. The van der Waals surface area contributed by atoms with E-state index >= 15 is 0 Å². The summed E-state index contributed by atoms with van der Waals surface area (Å²) in [4.78, 5) is 35.2. The Morgan fingerprint density at radius 2 is 1.77 bits per heavy atom. The maximum atomic E-state index is 13.4. The second kappa shape index (κ2) is 7.47. The molecule has 0 aliphatic heterocycles. The lowest BCUT2D eigenvalue weighted by molar-refractivity contribution is -0.123. The predicted octanol–water partition coefficient (Wildman–Crippen LogP) is 3.08. The summed E-state index contributed by atoms with van der Waals surface area (Å²) in [6.45, 7) is -0.694. The number of benzene rings is 2. The Morgan fingerprint density at radius 1 is 1.04 bits per heavy atom. The number of anilines is 1. The van der Waals surface area contributed by atoms with Gasteiger partial charge in [0, 0.05) is 5.39 Å². The molecule has 0 bridgehead atoms. The molecule has 0 unspecified atom stereocenters. The summed E-state index contributed by atoms with van der Waals surface area (Å²) in [7, 11) is 0. The average Bonchev–Trinajstić information content (AvgIpc) is 3.06. The molecule has 7 nitrogen and oxygen atoms in total. The third-order valence-electron chi connectivity index (χ3n) is 3.34. The molecule has 8 heteroatoms. The van der Waals surface area contributed by atoms with Gasteiger partial charge in [0.05, 0.1) is 5.69 Å². The van der Waals surface area contributed by atoms with E-state index in [0.717, 1.165) is 6.07 Å². The van der Waals surface area contributed by atoms with Crippen molar-refractivity contribution in [3.8, 4) is 0 Å². The summed E-state index contributed by atoms with van der Waals surface area (Å²) in [6, 6.07) is 13.0. The molecule has 0 radical (unpaired) electrons. The smallest absolute Gasteiger partial charge is 0.374 e. The van der Waals surface area contributed by atoms with Gasteiger partial charge in [-0.3, -0.25) is 10.1 Å². The Labute approximate surface area is 146 Å². The molecule has 0 fully saturated rings. The number of para-hydroxylation sites is 2. The van der Waals surface area contributed by atoms with E-state index in [1.54, 1.807) is 24.3 Å². The zero-order valence-electron chi connectivity index (χ0n) is 13.3. The van der Waals surface area contributed by atoms with Gasteiger partial charge in [0.15, 0.2) is 6.61 Å². The van der Waals surface area contributed by atoms with Crippen molar-refractivity contribution in [2.45, 2.75) is 0 Å². The maximum Gasteiger partial charge on any atom is 0.374 e. The van der Waals surface area contributed by atoms with Gasteiger partial charge < -0.3 is 14.5 Å². The van der Waals surface area contributed by atoms with E-state index in [4.69, 9.17) is 9.15 Å². The second-order valence-corrected chi connectivity index (χ2v) is 5.21. The standard InChI is InChI=1S/C18H13FN2O5/c19-12-6-2-3-7-13(12)20-18(24)21-16(22)10-25-17(23)15-9-11-5-1-4-8-14(11)26-15/h1-9H,10H2,(H2,20,21,22,24). The Kier molecular flexibility index (Phi) is 4.93. The quantitative estimate of drug-likeness (QED) is 0.700. The van der Waals surface area contributed by atoms with Crippen LogP contribution in [0.15, 0.2) is 59.0 Å². The summed E-state index contributed by atoms with van der Waals surface area (Å²) >= 11 is 0. The highest BCUT2D eigenvalue weighted by Gasteiger charge is 2.16. The number of carbonyl (C=O) groups excluding carboxylic acids is 3. The molecule has 3 aromatic rings. The lowest BCUT2D eigenvalue weighted by Crippen LogP contribution is -2.37. The Morgan fingerprint density at radius 3 is 2.54 bits per heavy atom. The predicted molar refractivity (Wildman–Crippen MR) is 90.1 cm³/mol. The number of hydrogen-bond donors (Lipinski definition) is 2. The van der Waals surface area contributed by atoms with Crippen molar-refractivity contribution in [2.24, 2.45) is 0 Å². The minimum atomic E-state index is -0.945. The van der Waals surface area contributed by atoms with E-state index in [2.05, 4.69) is 5.32 Å². The number of rotatable bonds is 4. The lowest BCUT2D eigenvalue weighted by Gasteiger charge is -2.07. The molecule has 1 aromatic heterocycles. The summed E-state index contributed by atoms with van der Waals surface area (Å²) in [5, 5.41) is 4.81. The van der Waals surface area contributed by atoms with Crippen molar-refractivity contribution >= 4 is 34.6 Å². The van der Waals surface area contributed by atoms with Crippen molar-refractivity contribution in [3.63, 3.8) is 0 Å². The van der Waals surface area contributed by atoms with Crippen LogP contribution in [-0.2, 0) is 9.53 Å². The van der Waals surface area contributed by atoms with Crippen molar-refractivity contribution in [1.29, 1.82) is 0 Å². The van der Waals surface area contributed by atoms with Crippen LogP contribution >= 0.6 is 0 Å². The fourth-order valence-electron chi connectivity index (χ4n) is 2.16. The fraction of sp³-hybridized carbons (Fsp3) is 0.0556. The number of hydrogen-bond acceptors (Lipinski definition) is 5. The first-order valence-corrected chi connectivity index (χ1v) is 7.54. The number of furan rings is 1. The molecule has 0 aliphatic carbocycles. The van der Waals surface area contributed by atoms with Crippen molar-refractivity contribution < 1.29 is 27.9 Å². The summed E-state index contributed by atoms with van der Waals surface area (Å²) in [5.74, 6) is -2.42. The van der Waals surface area contributed by atoms with Gasteiger partial charge in [0.2, 0.25) is 5.76 Å². The van der Waals surface area contributed by atoms with E-state index in [9.17, 15) is 18.8 Å². The first kappa shape index (κ1) is 17.2. The first-order chi connectivity index (χ1) is 12.5. The van der Waals surface area contributed by atoms with Gasteiger partial charge in [0.1, 0.15) is 11.4 Å². The Balaban J connectivity index is 1.51. The third-order valence-corrected chi connectivity index (χ3v) is 3.34. The van der Waals surface area contributed by atoms with E-state index in [1.807, 2.05) is 5.32 Å². The number of urea groups is 1. The molecule has 26 heavy (non-hydrogen) atoms. The first-order valence-electron chi connectivity index (χ1n) is 7.54. The van der Waals surface area contributed by atoms with Crippen LogP contribution in [0, 0.1) is 5.82 Å². The van der Waals surface area contributed by atoms with Gasteiger partial charge in [-0.1, -0.05) is 30.3 Å². The van der Waals surface area contributed by atoms with E-state index in [0.29, 0.717) is 11.0 Å². The number of nitrogens with one attached hydrogen (secondary N) is 2. The molecule has 2 aromatic carbocycles. The van der Waals surface area contributed by atoms with E-state index in [1.165, 1.54) is 24.3 Å². The van der Waals surface area contributed by atoms with Gasteiger partial charge in [-0.25, -0.2) is 14.0 Å². The summed E-state index contributed by atoms with van der Waals surface area (Å²) in [5.41, 5.74) is 0.422. The minimum absolute atomic E-state index is 0.0604. The molecular weight excluding hydrogens is 343 g/mol. The summed E-state index contributed by atoms with van der Waals surface area (Å²) in [6.07, 6.45) is 0. The van der Waals surface area contributed by atoms with Crippen LogP contribution in [0.25, 0.3) is 11.0 Å². The molecule has 0 atom stereocenters. The second-order valence-electron chi connectivity index (χ2n) is 5.21. The number of fused-ring (bicyclic) bond motifs is 1. The maximum absolute atomic E-state index is 13.4. The Hall–Kier alpha value is -3.68. The topological polar surface area (TPSA) is 97.6 Å². The van der Waals surface area contributed by atoms with Gasteiger partial charge in [-0.15, -0.1) is 0 Å². The van der Waals surface area contributed by atoms with Crippen molar-refractivity contribution in [3.05, 3.63) is 66.2 Å². The van der Waals surface area contributed by atoms with Crippen molar-refractivity contribution in [2.75, 3.05) is 11.9 Å². The number of esters is 1. The zero-order valence-corrected chi connectivity index (χ0v) is 13.3. The number of carbonyl (C=O) groups is 3. The molecule has 2 N–H and O–H groups in total. The largest absolute Gasteiger partial charge is 0.450 e. The average molecular weight is 356 g/mol. The van der Waals surface area contributed by atoms with Crippen LogP contribution in [0.1, 0.15) is 10.6 Å². The molecule has 0 spiro atoms. The molecule has 1 heterocycles. The highest BCUT2D eigenvalue weighted by atomic mass is 19.1. The molecule has 0 saturated heterocycles. The molecule has 3 rings (SSSR count). The van der Waals surface area contributed by atoms with Gasteiger partial charge in [0.25, 0.3) is 5.91 Å². The van der Waals surface area contributed by atoms with Gasteiger partial charge in [-0.05, 0) is 24.3 Å². The van der Waals surface area contributed by atoms with Crippen LogP contribution < -0.4 is 10.6 Å². The highest BCUT2D eigenvalue weighted by Crippen LogP contribution is 2.19. The van der Waals surface area contributed by atoms with E-state index in [-0.39, 0.29) is 11.4 Å². The third kappa shape index (κ3) is 4.04. The minimum Gasteiger partial charge on any atom is -0.450 e. The Bertz CT molecular complexity index is 949. The monoisotopic (exact) mass is 356 g/mol. The van der Waals surface area contributed by atoms with Crippen LogP contribution in [0.5, 0.6) is 0 Å². The van der Waals surface area contributed by atoms with E-state index < -0.39 is 30.3 Å². The van der Waals surface area contributed by atoms with Crippen LogP contribution in [0.4, 0.5) is 14.9 Å². The molecule has 0 saturated carbocycles. The SMILES string of the molecule is O=C(COC(=O)c1cc2ccccc2o1)NC(=O)Nc1ccccc1F. The number of ether oxygens (including phenoxy) is 1. The summed E-state index contributed by atoms with van der Waals surface area (Å²) < 4.78 is 23.5. The van der Waals surface area contributed by atoms with Gasteiger partial charge >= 0.3 is 12.0 Å². The molecule has 132 valence electrons. The molecule has 3 amide bonds. The number of imide groups is 1. The van der Waals surface area contributed by atoms with Crippen molar-refractivity contribution in [1.82, 2.24) is 5.32 Å². The van der Waals surface area contributed by atoms with Crippen LogP contribution in [-0.4, -0.2) is 24.5 Å². The molecule has 0 aliphatic rings. The van der Waals surface area contributed by atoms with Gasteiger partial charge in [-0.2, -0.15) is 0 Å². The lowest BCUT2D eigenvalue weighted by atomic mass is 10.2. The van der Waals surface area contributed by atoms with Crippen LogP contribution in [0.2, 0.25) is 0 Å². The molecular formula is C18H13FN2O5. The highest BCUT2D eigenvalue weighted by molar-refractivity contribution is 6.02.